The van der Waals surface area contributed by atoms with E-state index >= 15 is 0 Å². The zero-order chi connectivity index (χ0) is 76.7. The van der Waals surface area contributed by atoms with Gasteiger partial charge in [0.25, 0.3) is 10.1 Å². The monoisotopic (exact) mass is 1500 g/mol. The third kappa shape index (κ3) is 52.0. The minimum atomic E-state index is -3.34. The first-order chi connectivity index (χ1) is 49.8. The Bertz CT molecular complexity index is 3020. The van der Waals surface area contributed by atoms with Crippen molar-refractivity contribution in [1.29, 1.82) is 0 Å². The van der Waals surface area contributed by atoms with E-state index < -0.39 is 16.1 Å². The number of carbonyl (C=O) groups is 4. The summed E-state index contributed by atoms with van der Waals surface area (Å²) in [5, 5.41) is 8.77. The van der Waals surface area contributed by atoms with E-state index in [0.29, 0.717) is 97.5 Å². The Morgan fingerprint density at radius 3 is 1.03 bits per heavy atom. The van der Waals surface area contributed by atoms with Crippen LogP contribution in [0.4, 0.5) is 0 Å². The number of carbonyl (C=O) groups excluding carboxylic acids is 4. The van der Waals surface area contributed by atoms with E-state index in [-0.39, 0.29) is 96.0 Å². The van der Waals surface area contributed by atoms with Gasteiger partial charge in [0.05, 0.1) is 33.7 Å². The van der Waals surface area contributed by atoms with E-state index in [1.54, 1.807) is 18.2 Å². The van der Waals surface area contributed by atoms with Gasteiger partial charge in [-0.15, -0.1) is 0 Å². The number of aliphatic hydroxyl groups is 1. The topological polar surface area (TPSA) is 261 Å². The number of aldehydes is 1. The number of hydrogen-bond donors (Lipinski definition) is 1. The van der Waals surface area contributed by atoms with Gasteiger partial charge in [-0.3, -0.25) is 13.8 Å². The number of benzene rings is 5. The van der Waals surface area contributed by atoms with Crippen molar-refractivity contribution in [3.05, 3.63) is 196 Å². The van der Waals surface area contributed by atoms with Crippen LogP contribution in [0.1, 0.15) is 202 Å². The minimum Gasteiger partial charge on any atom is -1.00 e. The predicted octanol–water partition coefficient (Wildman–Crippen LogP) is 12.0. The van der Waals surface area contributed by atoms with Crippen LogP contribution in [-0.2, 0) is 114 Å². The van der Waals surface area contributed by atoms with Crippen LogP contribution < -0.4 is 29.6 Å². The molecule has 3 radical (unpaired) electrons. The maximum atomic E-state index is 11.3. The Balaban J connectivity index is -0.000000588. The molecule has 583 valence electrons. The predicted molar refractivity (Wildman–Crippen MR) is 407 cm³/mol. The summed E-state index contributed by atoms with van der Waals surface area (Å²) in [6.07, 6.45) is 11.3. The molecule has 0 bridgehead atoms. The van der Waals surface area contributed by atoms with E-state index in [9.17, 15) is 27.6 Å². The summed E-state index contributed by atoms with van der Waals surface area (Å²) >= 11 is 0. The van der Waals surface area contributed by atoms with Crippen molar-refractivity contribution in [1.82, 2.24) is 0 Å². The summed E-state index contributed by atoms with van der Waals surface area (Å²) in [5.74, 6) is -0.918. The fraction of sp³-hybridized carbons (Fsp3) is 0.525. The van der Waals surface area contributed by atoms with Gasteiger partial charge in [0.2, 0.25) is 0 Å². The summed E-state index contributed by atoms with van der Waals surface area (Å²) in [6.45, 7) is 33.3. The average molecular weight is 1500 g/mol. The summed E-state index contributed by atoms with van der Waals surface area (Å²) in [4.78, 5) is 42.6. The fourth-order valence-corrected chi connectivity index (χ4v) is 9.23. The molecule has 5 aromatic carbocycles. The standard InChI is InChI=1S/C16H24O4.C15H24O5S.C15H20O4.C14H22O3.C12H16O3.C4H6O2.C4H8O.B.Na.H/c1-4-18-15(17)12-9-13-7-10-14(11-8-13)16(19-5-2)20-6-3;1-4-18-15(19-5-2)14-10-8-13(9-11-14)7-6-12-20-21(3,16)17;1-4-18-15(19-5-2)13-9-6-12(7-10-13)8-11-14(16)17-3;1-3-16-14(17-4-2)13-9-7-12(8-10-13)6-5-11-15;1-3-14-12(15-4-2)11-7-5-10(9-13)6-8-11;1-3-4(5)6-2;1-2-4-5-3-1;;;/h7-8,10-11,16H,4-6,9,12H2,1-3H3;8-11,15H,4-7,12H2,1-3H3;6-11,15H,4-5H2,1-3H3;7-10,14-15H,3-6,11H2,1-2H3;5-9,12H,3-4H2,1-2H3;3H,1H2,2H3;1-4H2;;;/q;;;;;;;;+1;-1/b;;11-8+;;;;;;;. The second-order valence-electron chi connectivity index (χ2n) is 21.6. The van der Waals surface area contributed by atoms with Crippen LogP contribution in [-0.4, -0.2) is 166 Å². The summed E-state index contributed by atoms with van der Waals surface area (Å²) in [6, 6.07) is 39.0. The van der Waals surface area contributed by atoms with Crippen LogP contribution in [0.15, 0.2) is 140 Å². The van der Waals surface area contributed by atoms with Crippen LogP contribution >= 0.6 is 0 Å². The molecule has 105 heavy (non-hydrogen) atoms. The largest absolute Gasteiger partial charge is 1.00 e. The Morgan fingerprint density at radius 1 is 0.476 bits per heavy atom. The molecule has 0 atom stereocenters. The van der Waals surface area contributed by atoms with Gasteiger partial charge < -0.3 is 72.8 Å². The summed E-state index contributed by atoms with van der Waals surface area (Å²) < 4.78 is 100. The van der Waals surface area contributed by atoms with Gasteiger partial charge in [-0.2, -0.15) is 8.42 Å². The molecule has 5 aromatic rings. The fourth-order valence-electron chi connectivity index (χ4n) is 8.81. The van der Waals surface area contributed by atoms with Crippen LogP contribution in [0.25, 0.3) is 6.08 Å². The third-order valence-electron chi connectivity index (χ3n) is 13.8. The van der Waals surface area contributed by atoms with Crippen molar-refractivity contribution in [2.75, 3.05) is 120 Å². The number of ether oxygens (including phenoxy) is 14. The molecule has 1 aliphatic heterocycles. The van der Waals surface area contributed by atoms with Crippen LogP contribution in [0.2, 0.25) is 0 Å². The molecule has 25 heteroatoms. The van der Waals surface area contributed by atoms with E-state index in [2.05, 4.69) is 28.2 Å². The molecule has 1 heterocycles. The first kappa shape index (κ1) is 103. The number of aryl methyl sites for hydroxylation is 3. The van der Waals surface area contributed by atoms with E-state index in [0.717, 1.165) is 95.6 Å². The third-order valence-corrected chi connectivity index (χ3v) is 14.3. The second kappa shape index (κ2) is 68.7. The van der Waals surface area contributed by atoms with E-state index in [4.69, 9.17) is 66.1 Å². The Kier molecular flexibility index (Phi) is 67.6. The van der Waals surface area contributed by atoms with E-state index in [1.807, 2.05) is 173 Å². The number of hydrogen-bond acceptors (Lipinski definition) is 22. The molecule has 22 nitrogen and oxygen atoms in total. The molecule has 0 aliphatic carbocycles. The number of esters is 3. The quantitative estimate of drug-likeness (QED) is 0.00557. The molecular formula is C80H121BNaO22S. The van der Waals surface area contributed by atoms with Gasteiger partial charge in [0.15, 0.2) is 31.5 Å². The van der Waals surface area contributed by atoms with Gasteiger partial charge in [0.1, 0.15) is 6.29 Å². The van der Waals surface area contributed by atoms with Gasteiger partial charge in [-0.05, 0) is 149 Å². The molecule has 0 unspecified atom stereocenters. The van der Waals surface area contributed by atoms with E-state index in [1.165, 1.54) is 38.7 Å². The maximum absolute atomic E-state index is 11.3. The smallest absolute Gasteiger partial charge is 1.00 e. The molecule has 0 aromatic heterocycles. The molecular weight excluding hydrogens is 1380 g/mol. The second-order valence-corrected chi connectivity index (χ2v) is 23.2. The van der Waals surface area contributed by atoms with Crippen LogP contribution in [0.3, 0.4) is 0 Å². The van der Waals surface area contributed by atoms with Crippen LogP contribution in [0.5, 0.6) is 0 Å². The number of aliphatic hydroxyl groups excluding tert-OH is 1. The summed E-state index contributed by atoms with van der Waals surface area (Å²) in [5.41, 5.74) is 9.95. The molecule has 6 rings (SSSR count). The molecule has 1 fully saturated rings. The molecule has 0 saturated carbocycles. The molecule has 1 aliphatic rings. The Hall–Kier alpha value is -5.85. The van der Waals surface area contributed by atoms with Crippen molar-refractivity contribution >= 4 is 48.8 Å². The molecule has 1 N–H and O–H groups in total. The Morgan fingerprint density at radius 2 is 0.781 bits per heavy atom. The van der Waals surface area contributed by atoms with Gasteiger partial charge in [-0.25, -0.2) is 9.59 Å². The van der Waals surface area contributed by atoms with Crippen molar-refractivity contribution in [3.8, 4) is 0 Å². The van der Waals surface area contributed by atoms with Crippen molar-refractivity contribution in [2.45, 2.75) is 159 Å². The zero-order valence-electron chi connectivity index (χ0n) is 66.2. The molecule has 0 spiro atoms. The SMILES string of the molecule is C1CCOC1.C=CC(=O)OC.CCOC(=O)CCc1ccc(C(OCC)OCC)cc1.CCOC(OCC)c1ccc(/C=C/C(=O)OC)cc1.CCOC(OCC)c1ccc(C=O)cc1.CCOC(OCC)c1ccc(CCCO)cc1.CCOC(OCC)c1ccc(CCCOS(C)(=O)=O)cc1.[B].[H-].[Na+]. The normalized spacial score (nSPS) is 11.3. The first-order valence-electron chi connectivity index (χ1n) is 35.5. The van der Waals surface area contributed by atoms with Gasteiger partial charge in [-0.1, -0.05) is 128 Å². The van der Waals surface area contributed by atoms with Crippen molar-refractivity contribution in [2.24, 2.45) is 0 Å². The van der Waals surface area contributed by atoms with Crippen molar-refractivity contribution in [3.63, 3.8) is 0 Å². The first-order valence-corrected chi connectivity index (χ1v) is 37.4. The summed E-state index contributed by atoms with van der Waals surface area (Å²) in [7, 11) is -0.681. The van der Waals surface area contributed by atoms with Crippen molar-refractivity contribution < 1.29 is 134 Å². The molecule has 1 saturated heterocycles. The van der Waals surface area contributed by atoms with Gasteiger partial charge in [0, 0.05) is 146 Å². The number of rotatable bonds is 41. The zero-order valence-corrected chi connectivity index (χ0v) is 68.0. The minimum absolute atomic E-state index is 0. The molecule has 0 amide bonds. The number of methoxy groups -OCH3 is 2. The Labute approximate surface area is 653 Å². The maximum Gasteiger partial charge on any atom is 1.00 e. The van der Waals surface area contributed by atoms with Gasteiger partial charge >= 0.3 is 47.5 Å². The average Bonchev–Trinajstić information content (AvgIpc) is 0.988. The van der Waals surface area contributed by atoms with Crippen LogP contribution in [0, 0.1) is 0 Å².